The maximum atomic E-state index is 13.0. The van der Waals surface area contributed by atoms with E-state index in [9.17, 15) is 14.4 Å². The normalized spacial score (nSPS) is 21.6. The van der Waals surface area contributed by atoms with Gasteiger partial charge in [0.15, 0.2) is 5.65 Å². The number of ether oxygens (including phenoxy) is 2. The third-order valence-corrected chi connectivity index (χ3v) is 6.83. The number of piperazine rings is 1. The van der Waals surface area contributed by atoms with Crippen molar-refractivity contribution < 1.29 is 19.1 Å². The second-order valence-corrected chi connectivity index (χ2v) is 8.65. The molecular weight excluding hydrogens is 414 g/mol. The van der Waals surface area contributed by atoms with E-state index in [4.69, 9.17) is 9.47 Å². The van der Waals surface area contributed by atoms with Gasteiger partial charge in [-0.1, -0.05) is 0 Å². The third kappa shape index (κ3) is 4.18. The van der Waals surface area contributed by atoms with E-state index in [0.717, 1.165) is 31.2 Å². The van der Waals surface area contributed by atoms with E-state index >= 15 is 0 Å². The van der Waals surface area contributed by atoms with Crippen molar-refractivity contribution in [2.24, 2.45) is 18.9 Å². The number of aromatic nitrogens is 3. The van der Waals surface area contributed by atoms with Crippen LogP contribution in [-0.4, -0.2) is 76.3 Å². The Morgan fingerprint density at radius 2 is 1.69 bits per heavy atom. The Bertz CT molecular complexity index is 1040. The van der Waals surface area contributed by atoms with Crippen LogP contribution in [0, 0.1) is 11.8 Å². The number of hydrogen-bond acceptors (Lipinski definition) is 6. The maximum absolute atomic E-state index is 13.0. The van der Waals surface area contributed by atoms with Gasteiger partial charge in [0.2, 0.25) is 11.8 Å². The Labute approximate surface area is 186 Å². The van der Waals surface area contributed by atoms with Crippen molar-refractivity contribution in [1.29, 1.82) is 0 Å². The van der Waals surface area contributed by atoms with Gasteiger partial charge in [-0.3, -0.25) is 13.9 Å². The van der Waals surface area contributed by atoms with Gasteiger partial charge in [-0.25, -0.2) is 9.59 Å². The Hall–Kier alpha value is -3.04. The molecule has 0 bridgehead atoms. The second-order valence-electron chi connectivity index (χ2n) is 8.65. The molecule has 32 heavy (non-hydrogen) atoms. The molecule has 2 amide bonds. The van der Waals surface area contributed by atoms with E-state index in [-0.39, 0.29) is 23.6 Å². The van der Waals surface area contributed by atoms with E-state index in [1.54, 1.807) is 34.3 Å². The predicted molar refractivity (Wildman–Crippen MR) is 118 cm³/mol. The lowest BCUT2D eigenvalue weighted by Crippen LogP contribution is -2.52. The smallest absolute Gasteiger partial charge is 0.409 e. The Morgan fingerprint density at radius 1 is 1.03 bits per heavy atom. The Morgan fingerprint density at radius 3 is 2.31 bits per heavy atom. The van der Waals surface area contributed by atoms with Crippen molar-refractivity contribution in [3.63, 3.8) is 0 Å². The van der Waals surface area contributed by atoms with Gasteiger partial charge < -0.3 is 19.3 Å². The van der Waals surface area contributed by atoms with Crippen molar-refractivity contribution in [2.45, 2.75) is 32.2 Å². The molecule has 174 valence electrons. The largest absolute Gasteiger partial charge is 0.481 e. The molecule has 2 aromatic heterocycles. The minimum atomic E-state index is -0.339. The van der Waals surface area contributed by atoms with Crippen molar-refractivity contribution in [2.75, 3.05) is 40.4 Å². The molecule has 2 fully saturated rings. The molecule has 0 spiro atoms. The predicted octanol–water partition coefficient (Wildman–Crippen LogP) is 1.46. The first-order chi connectivity index (χ1) is 15.4. The highest BCUT2D eigenvalue weighted by molar-refractivity contribution is 5.79. The van der Waals surface area contributed by atoms with Crippen LogP contribution >= 0.6 is 0 Å². The molecule has 1 saturated heterocycles. The number of imidazole rings is 1. The number of amides is 2. The van der Waals surface area contributed by atoms with Crippen LogP contribution in [0.5, 0.6) is 5.88 Å². The number of hydrogen-bond donors (Lipinski definition) is 0. The number of rotatable bonds is 4. The summed E-state index contributed by atoms with van der Waals surface area (Å²) in [7, 11) is 4.69. The van der Waals surface area contributed by atoms with Gasteiger partial charge in [-0.2, -0.15) is 4.98 Å². The Kier molecular flexibility index (Phi) is 6.38. The molecule has 2 aliphatic rings. The fraction of sp³-hybridized carbons (Fsp3) is 0.636. The molecular formula is C22H31N5O5. The van der Waals surface area contributed by atoms with Gasteiger partial charge in [0.25, 0.3) is 0 Å². The maximum Gasteiger partial charge on any atom is 0.409 e. The monoisotopic (exact) mass is 445 g/mol. The van der Waals surface area contributed by atoms with Crippen molar-refractivity contribution in [3.05, 3.63) is 22.6 Å². The fourth-order valence-corrected chi connectivity index (χ4v) is 4.88. The van der Waals surface area contributed by atoms with E-state index in [0.29, 0.717) is 50.2 Å². The summed E-state index contributed by atoms with van der Waals surface area (Å²) in [6.45, 7) is 2.71. The first-order valence-electron chi connectivity index (χ1n) is 11.1. The molecule has 2 aromatic rings. The highest BCUT2D eigenvalue weighted by atomic mass is 16.5. The second kappa shape index (κ2) is 9.22. The quantitative estimate of drug-likeness (QED) is 0.707. The SMILES string of the molecule is COC(=O)N1CCN(C(=O)[C@H]2CC[C@H](Cn3c(=O)n(C)c4ccc(OC)nc43)CC2)CC1. The molecule has 1 aliphatic heterocycles. The highest BCUT2D eigenvalue weighted by Gasteiger charge is 2.32. The Balaban J connectivity index is 1.36. The minimum Gasteiger partial charge on any atom is -0.481 e. The molecule has 1 aliphatic carbocycles. The first-order valence-corrected chi connectivity index (χ1v) is 11.1. The fourth-order valence-electron chi connectivity index (χ4n) is 4.88. The van der Waals surface area contributed by atoms with Gasteiger partial charge in [-0.15, -0.1) is 0 Å². The molecule has 1 saturated carbocycles. The number of carbonyl (C=O) groups excluding carboxylic acids is 2. The lowest BCUT2D eigenvalue weighted by atomic mass is 9.81. The molecule has 0 aromatic carbocycles. The molecule has 0 atom stereocenters. The number of pyridine rings is 1. The summed E-state index contributed by atoms with van der Waals surface area (Å²) in [5, 5.41) is 0. The zero-order chi connectivity index (χ0) is 22.8. The first kappa shape index (κ1) is 22.2. The minimum absolute atomic E-state index is 0.0124. The van der Waals surface area contributed by atoms with Gasteiger partial charge in [-0.05, 0) is 37.7 Å². The average Bonchev–Trinajstić information content (AvgIpc) is 3.07. The van der Waals surface area contributed by atoms with Crippen molar-refractivity contribution in [3.8, 4) is 5.88 Å². The van der Waals surface area contributed by atoms with Crippen LogP contribution in [0.3, 0.4) is 0 Å². The zero-order valence-corrected chi connectivity index (χ0v) is 19.0. The summed E-state index contributed by atoms with van der Waals surface area (Å²) in [6.07, 6.45) is 3.08. The molecule has 10 nitrogen and oxygen atoms in total. The van der Waals surface area contributed by atoms with Crippen LogP contribution in [0.1, 0.15) is 25.7 Å². The molecule has 10 heteroatoms. The van der Waals surface area contributed by atoms with Crippen LogP contribution in [0.2, 0.25) is 0 Å². The highest BCUT2D eigenvalue weighted by Crippen LogP contribution is 2.32. The summed E-state index contributed by atoms with van der Waals surface area (Å²) >= 11 is 0. The lowest BCUT2D eigenvalue weighted by Gasteiger charge is -2.37. The van der Waals surface area contributed by atoms with E-state index in [1.807, 2.05) is 11.0 Å². The van der Waals surface area contributed by atoms with Crippen LogP contribution in [0.25, 0.3) is 11.2 Å². The molecule has 0 unspecified atom stereocenters. The summed E-state index contributed by atoms with van der Waals surface area (Å²) in [6, 6.07) is 3.61. The summed E-state index contributed by atoms with van der Waals surface area (Å²) in [4.78, 5) is 45.4. The van der Waals surface area contributed by atoms with E-state index in [2.05, 4.69) is 4.98 Å². The van der Waals surface area contributed by atoms with Crippen LogP contribution in [0.15, 0.2) is 16.9 Å². The van der Waals surface area contributed by atoms with Crippen molar-refractivity contribution >= 4 is 23.2 Å². The third-order valence-electron chi connectivity index (χ3n) is 6.83. The van der Waals surface area contributed by atoms with Crippen LogP contribution in [0.4, 0.5) is 4.79 Å². The summed E-state index contributed by atoms with van der Waals surface area (Å²) < 4.78 is 13.3. The standard InChI is InChI=1S/C22H31N5O5/c1-24-17-8-9-18(31-2)23-19(17)27(21(24)29)14-15-4-6-16(7-5-15)20(28)25-10-12-26(13-11-25)22(30)32-3/h8-9,15-16H,4-7,10-14H2,1-3H3/t15-,16-. The number of methoxy groups -OCH3 is 2. The molecule has 4 rings (SSSR count). The summed E-state index contributed by atoms with van der Waals surface area (Å²) in [5.74, 6) is 1.00. The topological polar surface area (TPSA) is 98.9 Å². The van der Waals surface area contributed by atoms with Gasteiger partial charge >= 0.3 is 11.8 Å². The number of aryl methyl sites for hydroxylation is 1. The zero-order valence-electron chi connectivity index (χ0n) is 19.0. The molecule has 3 heterocycles. The van der Waals surface area contributed by atoms with E-state index < -0.39 is 0 Å². The molecule has 0 radical (unpaired) electrons. The van der Waals surface area contributed by atoms with Crippen molar-refractivity contribution in [1.82, 2.24) is 23.9 Å². The number of nitrogens with zero attached hydrogens (tertiary/aromatic N) is 5. The van der Waals surface area contributed by atoms with Gasteiger partial charge in [0.1, 0.15) is 0 Å². The lowest BCUT2D eigenvalue weighted by molar-refractivity contribution is -0.138. The average molecular weight is 446 g/mol. The summed E-state index contributed by atoms with van der Waals surface area (Å²) in [5.41, 5.74) is 1.34. The number of fused-ring (bicyclic) bond motifs is 1. The van der Waals surface area contributed by atoms with Crippen LogP contribution in [-0.2, 0) is 23.1 Å². The number of carbonyl (C=O) groups is 2. The van der Waals surface area contributed by atoms with Gasteiger partial charge in [0.05, 0.1) is 19.7 Å². The van der Waals surface area contributed by atoms with Gasteiger partial charge in [0, 0.05) is 51.8 Å². The van der Waals surface area contributed by atoms with Crippen LogP contribution < -0.4 is 10.4 Å². The van der Waals surface area contributed by atoms with E-state index in [1.165, 1.54) is 7.11 Å². The molecule has 0 N–H and O–H groups in total.